The SMILES string of the molecule is Clc1ccccc1CNC12CN3CN(CN(C3)C1)C2. The molecule has 1 aromatic carbocycles. The van der Waals surface area contributed by atoms with E-state index in [-0.39, 0.29) is 5.54 Å². The molecule has 4 saturated heterocycles. The van der Waals surface area contributed by atoms with Gasteiger partial charge in [-0.15, -0.1) is 0 Å². The molecule has 5 rings (SSSR count). The van der Waals surface area contributed by atoms with Gasteiger partial charge in [-0.1, -0.05) is 29.8 Å². The summed E-state index contributed by atoms with van der Waals surface area (Å²) in [5.74, 6) is 0. The first kappa shape index (κ1) is 12.1. The second kappa shape index (κ2) is 4.43. The average molecular weight is 279 g/mol. The molecule has 4 aliphatic heterocycles. The summed E-state index contributed by atoms with van der Waals surface area (Å²) >= 11 is 6.24. The summed E-state index contributed by atoms with van der Waals surface area (Å²) in [4.78, 5) is 7.57. The van der Waals surface area contributed by atoms with Gasteiger partial charge < -0.3 is 5.32 Å². The van der Waals surface area contributed by atoms with E-state index >= 15 is 0 Å². The third kappa shape index (κ3) is 2.18. The molecule has 0 radical (unpaired) electrons. The molecule has 0 saturated carbocycles. The predicted molar refractivity (Wildman–Crippen MR) is 75.7 cm³/mol. The summed E-state index contributed by atoms with van der Waals surface area (Å²) in [5, 5.41) is 4.64. The standard InChI is InChI=1S/C14H19ClN4/c15-13-4-2-1-3-12(13)5-16-14-6-17-9-18(7-14)11-19(8-14)10-17/h1-4,16H,5-11H2. The highest BCUT2D eigenvalue weighted by atomic mass is 35.5. The topological polar surface area (TPSA) is 21.8 Å². The van der Waals surface area contributed by atoms with Crippen LogP contribution in [0.5, 0.6) is 0 Å². The molecule has 0 amide bonds. The van der Waals surface area contributed by atoms with Crippen molar-refractivity contribution in [1.82, 2.24) is 20.0 Å². The number of halogens is 1. The number of benzene rings is 1. The third-order valence-electron chi connectivity index (χ3n) is 4.39. The van der Waals surface area contributed by atoms with Gasteiger partial charge >= 0.3 is 0 Å². The van der Waals surface area contributed by atoms with Crippen LogP contribution in [0.4, 0.5) is 0 Å². The fourth-order valence-electron chi connectivity index (χ4n) is 3.81. The van der Waals surface area contributed by atoms with Crippen molar-refractivity contribution in [1.29, 1.82) is 0 Å². The number of rotatable bonds is 3. The summed E-state index contributed by atoms with van der Waals surface area (Å²) < 4.78 is 0. The van der Waals surface area contributed by atoms with Gasteiger partial charge in [-0.05, 0) is 11.6 Å². The van der Waals surface area contributed by atoms with Crippen molar-refractivity contribution in [2.24, 2.45) is 0 Å². The molecule has 4 bridgehead atoms. The average Bonchev–Trinajstić information content (AvgIpc) is 2.36. The lowest BCUT2D eigenvalue weighted by atomic mass is 9.90. The molecule has 4 nitrogen and oxygen atoms in total. The zero-order valence-corrected chi connectivity index (χ0v) is 11.7. The highest BCUT2D eigenvalue weighted by molar-refractivity contribution is 6.31. The van der Waals surface area contributed by atoms with Crippen LogP contribution in [0.2, 0.25) is 5.02 Å². The zero-order chi connectivity index (χ0) is 12.9. The van der Waals surface area contributed by atoms with Gasteiger partial charge in [-0.3, -0.25) is 14.7 Å². The van der Waals surface area contributed by atoms with E-state index in [1.165, 1.54) is 5.56 Å². The van der Waals surface area contributed by atoms with Crippen LogP contribution in [0.3, 0.4) is 0 Å². The lowest BCUT2D eigenvalue weighted by molar-refractivity contribution is -0.150. The van der Waals surface area contributed by atoms with Crippen LogP contribution in [0.15, 0.2) is 24.3 Å². The molecule has 4 aliphatic rings. The van der Waals surface area contributed by atoms with Gasteiger partial charge in [0.15, 0.2) is 0 Å². The van der Waals surface area contributed by atoms with E-state index in [4.69, 9.17) is 11.6 Å². The maximum atomic E-state index is 6.24. The fraction of sp³-hybridized carbons (Fsp3) is 0.571. The second-order valence-electron chi connectivity index (χ2n) is 6.14. The van der Waals surface area contributed by atoms with Crippen molar-refractivity contribution >= 4 is 11.6 Å². The molecule has 4 heterocycles. The molecule has 1 aromatic rings. The van der Waals surface area contributed by atoms with Gasteiger partial charge in [-0.25, -0.2) is 0 Å². The Kier molecular flexibility index (Phi) is 2.83. The molecule has 102 valence electrons. The van der Waals surface area contributed by atoms with Crippen molar-refractivity contribution in [3.63, 3.8) is 0 Å². The first-order valence-electron chi connectivity index (χ1n) is 6.88. The van der Waals surface area contributed by atoms with E-state index in [1.54, 1.807) is 0 Å². The Morgan fingerprint density at radius 3 is 2.16 bits per heavy atom. The van der Waals surface area contributed by atoms with Gasteiger partial charge in [0.2, 0.25) is 0 Å². The van der Waals surface area contributed by atoms with Crippen molar-refractivity contribution in [2.45, 2.75) is 12.1 Å². The van der Waals surface area contributed by atoms with Gasteiger partial charge in [0, 0.05) is 31.2 Å². The van der Waals surface area contributed by atoms with E-state index in [1.807, 2.05) is 12.1 Å². The molecule has 1 N–H and O–H groups in total. The number of nitrogens with one attached hydrogen (secondary N) is 1. The van der Waals surface area contributed by atoms with Crippen molar-refractivity contribution in [3.05, 3.63) is 34.9 Å². The number of hydrogen-bond acceptors (Lipinski definition) is 4. The largest absolute Gasteiger partial charge is 0.304 e. The zero-order valence-electron chi connectivity index (χ0n) is 11.0. The Balaban J connectivity index is 1.49. The normalized spacial score (nSPS) is 39.7. The van der Waals surface area contributed by atoms with E-state index in [2.05, 4.69) is 32.1 Å². The minimum Gasteiger partial charge on any atom is -0.304 e. The highest BCUT2D eigenvalue weighted by Crippen LogP contribution is 2.29. The Bertz CT molecular complexity index is 455. The number of nitrogens with zero attached hydrogens (tertiary/aromatic N) is 3. The van der Waals surface area contributed by atoms with Crippen LogP contribution in [0.1, 0.15) is 5.56 Å². The number of hydrogen-bond donors (Lipinski definition) is 1. The smallest absolute Gasteiger partial charge is 0.0571 e. The van der Waals surface area contributed by atoms with E-state index in [0.29, 0.717) is 0 Å². The van der Waals surface area contributed by atoms with Crippen molar-refractivity contribution < 1.29 is 0 Å². The van der Waals surface area contributed by atoms with Gasteiger partial charge in [-0.2, -0.15) is 0 Å². The van der Waals surface area contributed by atoms with Gasteiger partial charge in [0.25, 0.3) is 0 Å². The third-order valence-corrected chi connectivity index (χ3v) is 4.76. The second-order valence-corrected chi connectivity index (χ2v) is 6.54. The molecule has 19 heavy (non-hydrogen) atoms. The van der Waals surface area contributed by atoms with Gasteiger partial charge in [0.1, 0.15) is 0 Å². The van der Waals surface area contributed by atoms with Crippen LogP contribution in [0, 0.1) is 0 Å². The fourth-order valence-corrected chi connectivity index (χ4v) is 4.01. The maximum absolute atomic E-state index is 6.24. The van der Waals surface area contributed by atoms with Crippen LogP contribution >= 0.6 is 11.6 Å². The lowest BCUT2D eigenvalue weighted by Crippen LogP contribution is -2.79. The van der Waals surface area contributed by atoms with Crippen LogP contribution in [-0.4, -0.2) is 59.9 Å². The minimum absolute atomic E-state index is 0.216. The van der Waals surface area contributed by atoms with E-state index in [9.17, 15) is 0 Å². The molecule has 5 heteroatoms. The Morgan fingerprint density at radius 2 is 1.58 bits per heavy atom. The lowest BCUT2D eigenvalue weighted by Gasteiger charge is -2.60. The Morgan fingerprint density at radius 1 is 1.00 bits per heavy atom. The summed E-state index contributed by atoms with van der Waals surface area (Å²) in [5.41, 5.74) is 1.41. The van der Waals surface area contributed by atoms with Crippen molar-refractivity contribution in [2.75, 3.05) is 39.6 Å². The van der Waals surface area contributed by atoms with Crippen molar-refractivity contribution in [3.8, 4) is 0 Å². The van der Waals surface area contributed by atoms with E-state index in [0.717, 1.165) is 51.2 Å². The van der Waals surface area contributed by atoms with Crippen LogP contribution in [-0.2, 0) is 6.54 Å². The summed E-state index contributed by atoms with van der Waals surface area (Å²) in [6, 6.07) is 8.12. The Labute approximate surface area is 118 Å². The molecule has 0 atom stereocenters. The Hall–Kier alpha value is -0.650. The molecule has 0 unspecified atom stereocenters. The summed E-state index contributed by atoms with van der Waals surface area (Å²) in [6.07, 6.45) is 0. The quantitative estimate of drug-likeness (QED) is 0.890. The first-order valence-corrected chi connectivity index (χ1v) is 7.26. The van der Waals surface area contributed by atoms with Gasteiger partial charge in [0.05, 0.1) is 25.5 Å². The monoisotopic (exact) mass is 278 g/mol. The van der Waals surface area contributed by atoms with Crippen LogP contribution in [0.25, 0.3) is 0 Å². The molecule has 4 fully saturated rings. The highest BCUT2D eigenvalue weighted by Gasteiger charge is 2.48. The summed E-state index contributed by atoms with van der Waals surface area (Å²) in [7, 11) is 0. The summed E-state index contributed by atoms with van der Waals surface area (Å²) in [6.45, 7) is 7.72. The first-order chi connectivity index (χ1) is 9.22. The maximum Gasteiger partial charge on any atom is 0.0571 e. The molecule has 0 aromatic heterocycles. The van der Waals surface area contributed by atoms with Crippen LogP contribution < -0.4 is 5.32 Å². The molecule has 0 spiro atoms. The predicted octanol–water partition coefficient (Wildman–Crippen LogP) is 0.988. The van der Waals surface area contributed by atoms with E-state index < -0.39 is 0 Å². The minimum atomic E-state index is 0.216. The molecular formula is C14H19ClN4. The molecule has 0 aliphatic carbocycles. The molecular weight excluding hydrogens is 260 g/mol.